The van der Waals surface area contributed by atoms with E-state index in [1.165, 1.54) is 21.2 Å². The SMILES string of the molecule is NCC(Cc1cccc2ccccc12)c1cccs1. The van der Waals surface area contributed by atoms with Crippen molar-refractivity contribution in [2.45, 2.75) is 12.3 Å². The molecule has 1 aromatic heterocycles. The minimum atomic E-state index is 0.422. The third kappa shape index (κ3) is 2.55. The lowest BCUT2D eigenvalue weighted by atomic mass is 9.94. The summed E-state index contributed by atoms with van der Waals surface area (Å²) in [5, 5.41) is 4.78. The first kappa shape index (κ1) is 12.4. The number of fused-ring (bicyclic) bond motifs is 1. The van der Waals surface area contributed by atoms with Crippen molar-refractivity contribution in [1.82, 2.24) is 0 Å². The first-order valence-corrected chi connectivity index (χ1v) is 7.46. The van der Waals surface area contributed by atoms with Crippen LogP contribution in [0.25, 0.3) is 10.8 Å². The van der Waals surface area contributed by atoms with Crippen LogP contribution in [-0.4, -0.2) is 6.54 Å². The maximum atomic E-state index is 5.96. The smallest absolute Gasteiger partial charge is 0.00960 e. The van der Waals surface area contributed by atoms with Gasteiger partial charge in [0.15, 0.2) is 0 Å². The highest BCUT2D eigenvalue weighted by molar-refractivity contribution is 7.10. The second-order valence-corrected chi connectivity index (χ2v) is 5.77. The molecule has 0 aliphatic heterocycles. The Morgan fingerprint density at radius 3 is 2.58 bits per heavy atom. The van der Waals surface area contributed by atoms with Crippen LogP contribution in [0.2, 0.25) is 0 Å². The van der Waals surface area contributed by atoms with E-state index in [1.807, 2.05) is 0 Å². The predicted molar refractivity (Wildman–Crippen MR) is 83.8 cm³/mol. The molecule has 2 heteroatoms. The lowest BCUT2D eigenvalue weighted by Gasteiger charge is -2.14. The van der Waals surface area contributed by atoms with Crippen molar-refractivity contribution in [2.24, 2.45) is 5.73 Å². The molecule has 1 atom stereocenters. The van der Waals surface area contributed by atoms with E-state index in [-0.39, 0.29) is 0 Å². The molecule has 0 aliphatic carbocycles. The van der Waals surface area contributed by atoms with E-state index >= 15 is 0 Å². The highest BCUT2D eigenvalue weighted by atomic mass is 32.1. The minimum Gasteiger partial charge on any atom is -0.330 e. The van der Waals surface area contributed by atoms with E-state index in [4.69, 9.17) is 5.73 Å². The van der Waals surface area contributed by atoms with Crippen molar-refractivity contribution < 1.29 is 0 Å². The zero-order valence-electron chi connectivity index (χ0n) is 10.8. The molecule has 0 fully saturated rings. The van der Waals surface area contributed by atoms with Crippen LogP contribution in [0.5, 0.6) is 0 Å². The van der Waals surface area contributed by atoms with Crippen LogP contribution < -0.4 is 5.73 Å². The summed E-state index contributed by atoms with van der Waals surface area (Å²) in [7, 11) is 0. The second-order valence-electron chi connectivity index (χ2n) is 4.79. The number of hydrogen-bond donors (Lipinski definition) is 1. The van der Waals surface area contributed by atoms with Gasteiger partial charge < -0.3 is 5.73 Å². The molecule has 1 nitrogen and oxygen atoms in total. The Kier molecular flexibility index (Phi) is 3.62. The topological polar surface area (TPSA) is 26.0 Å². The third-order valence-corrected chi connectivity index (χ3v) is 4.61. The Morgan fingerprint density at radius 2 is 1.79 bits per heavy atom. The molecule has 2 N–H and O–H groups in total. The molecule has 0 saturated carbocycles. The maximum Gasteiger partial charge on any atom is 0.00960 e. The molecule has 19 heavy (non-hydrogen) atoms. The van der Waals surface area contributed by atoms with Crippen LogP contribution in [0.3, 0.4) is 0 Å². The Labute approximate surface area is 117 Å². The zero-order chi connectivity index (χ0) is 13.1. The van der Waals surface area contributed by atoms with Gasteiger partial charge in [0.2, 0.25) is 0 Å². The van der Waals surface area contributed by atoms with Crippen LogP contribution in [0.1, 0.15) is 16.4 Å². The molecule has 2 aromatic carbocycles. The van der Waals surface area contributed by atoms with Gasteiger partial charge in [-0.3, -0.25) is 0 Å². The predicted octanol–water partition coefficient (Wildman–Crippen LogP) is 4.19. The summed E-state index contributed by atoms with van der Waals surface area (Å²) in [6, 6.07) is 19.4. The summed E-state index contributed by atoms with van der Waals surface area (Å²) in [5.41, 5.74) is 7.35. The fraction of sp³-hybridized carbons (Fsp3) is 0.176. The average Bonchev–Trinajstić information content (AvgIpc) is 2.99. The van der Waals surface area contributed by atoms with E-state index < -0.39 is 0 Å². The van der Waals surface area contributed by atoms with Crippen LogP contribution in [-0.2, 0) is 6.42 Å². The molecule has 3 aromatic rings. The van der Waals surface area contributed by atoms with Crippen LogP contribution in [0.15, 0.2) is 60.0 Å². The normalized spacial score (nSPS) is 12.7. The van der Waals surface area contributed by atoms with Gasteiger partial charge in [0.05, 0.1) is 0 Å². The lowest BCUT2D eigenvalue weighted by molar-refractivity contribution is 0.710. The molecule has 96 valence electrons. The number of thiophene rings is 1. The molecule has 0 spiro atoms. The van der Waals surface area contributed by atoms with Gasteiger partial charge in [-0.05, 0) is 34.2 Å². The van der Waals surface area contributed by atoms with Gasteiger partial charge in [-0.1, -0.05) is 48.5 Å². The molecule has 0 radical (unpaired) electrons. The summed E-state index contributed by atoms with van der Waals surface area (Å²) >= 11 is 1.80. The van der Waals surface area contributed by atoms with Crippen molar-refractivity contribution in [3.8, 4) is 0 Å². The summed E-state index contributed by atoms with van der Waals surface area (Å²) in [4.78, 5) is 1.38. The van der Waals surface area contributed by atoms with Gasteiger partial charge in [0, 0.05) is 17.3 Å². The lowest BCUT2D eigenvalue weighted by Crippen LogP contribution is -2.14. The van der Waals surface area contributed by atoms with Crippen molar-refractivity contribution in [2.75, 3.05) is 6.54 Å². The van der Waals surface area contributed by atoms with Crippen LogP contribution in [0, 0.1) is 0 Å². The first-order valence-electron chi connectivity index (χ1n) is 6.58. The number of nitrogens with two attached hydrogens (primary N) is 1. The van der Waals surface area contributed by atoms with E-state index in [0.29, 0.717) is 12.5 Å². The van der Waals surface area contributed by atoms with Gasteiger partial charge in [-0.25, -0.2) is 0 Å². The van der Waals surface area contributed by atoms with Crippen LogP contribution in [0.4, 0.5) is 0 Å². The fourth-order valence-corrected chi connectivity index (χ4v) is 3.40. The molecule has 0 aliphatic rings. The maximum absolute atomic E-state index is 5.96. The van der Waals surface area contributed by atoms with Gasteiger partial charge in [-0.2, -0.15) is 0 Å². The largest absolute Gasteiger partial charge is 0.330 e. The molecule has 0 amide bonds. The van der Waals surface area contributed by atoms with Crippen molar-refractivity contribution in [3.05, 3.63) is 70.4 Å². The molecule has 0 saturated heterocycles. The summed E-state index contributed by atoms with van der Waals surface area (Å²) in [5.74, 6) is 0.422. The summed E-state index contributed by atoms with van der Waals surface area (Å²) in [6.07, 6.45) is 1.01. The fourth-order valence-electron chi connectivity index (χ4n) is 2.56. The summed E-state index contributed by atoms with van der Waals surface area (Å²) < 4.78 is 0. The average molecular weight is 267 g/mol. The Morgan fingerprint density at radius 1 is 0.947 bits per heavy atom. The van der Waals surface area contributed by atoms with Gasteiger partial charge in [-0.15, -0.1) is 11.3 Å². The molecule has 1 unspecified atom stereocenters. The van der Waals surface area contributed by atoms with Crippen LogP contribution >= 0.6 is 11.3 Å². The molecule has 3 rings (SSSR count). The Hall–Kier alpha value is -1.64. The van der Waals surface area contributed by atoms with E-state index in [0.717, 1.165) is 6.42 Å². The standard InChI is InChI=1S/C17H17NS/c18-12-15(17-9-4-10-19-17)11-14-7-3-6-13-5-1-2-8-16(13)14/h1-10,15H,11-12,18H2. The molecule has 1 heterocycles. The zero-order valence-corrected chi connectivity index (χ0v) is 11.6. The van der Waals surface area contributed by atoms with Crippen molar-refractivity contribution in [1.29, 1.82) is 0 Å². The first-order chi connectivity index (χ1) is 9.38. The van der Waals surface area contributed by atoms with Crippen molar-refractivity contribution >= 4 is 22.1 Å². The van der Waals surface area contributed by atoms with Gasteiger partial charge in [0.25, 0.3) is 0 Å². The molecule has 0 bridgehead atoms. The third-order valence-electron chi connectivity index (χ3n) is 3.58. The number of rotatable bonds is 4. The molecular formula is C17H17NS. The van der Waals surface area contributed by atoms with E-state index in [2.05, 4.69) is 60.0 Å². The minimum absolute atomic E-state index is 0.422. The molecular weight excluding hydrogens is 250 g/mol. The summed E-state index contributed by atoms with van der Waals surface area (Å²) in [6.45, 7) is 0.698. The monoisotopic (exact) mass is 267 g/mol. The quantitative estimate of drug-likeness (QED) is 0.753. The van der Waals surface area contributed by atoms with Gasteiger partial charge in [0.1, 0.15) is 0 Å². The number of benzene rings is 2. The number of hydrogen-bond acceptors (Lipinski definition) is 2. The van der Waals surface area contributed by atoms with Crippen molar-refractivity contribution in [3.63, 3.8) is 0 Å². The Bertz CT molecular complexity index is 653. The second kappa shape index (κ2) is 5.55. The highest BCUT2D eigenvalue weighted by Gasteiger charge is 2.13. The van der Waals surface area contributed by atoms with E-state index in [1.54, 1.807) is 11.3 Å². The highest BCUT2D eigenvalue weighted by Crippen LogP contribution is 2.27. The Balaban J connectivity index is 1.96. The van der Waals surface area contributed by atoms with E-state index in [9.17, 15) is 0 Å². The van der Waals surface area contributed by atoms with Gasteiger partial charge >= 0.3 is 0 Å².